The fourth-order valence-electron chi connectivity index (χ4n) is 4.19. The van der Waals surface area contributed by atoms with Gasteiger partial charge >= 0.3 is 5.95 Å². The molecule has 0 aliphatic heterocycles. The van der Waals surface area contributed by atoms with Crippen molar-refractivity contribution in [2.24, 2.45) is 0 Å². The summed E-state index contributed by atoms with van der Waals surface area (Å²) in [5, 5.41) is 10.9. The Balaban J connectivity index is 1.18. The van der Waals surface area contributed by atoms with Crippen LogP contribution in [0.1, 0.15) is 0 Å². The summed E-state index contributed by atoms with van der Waals surface area (Å²) in [6, 6.07) is 11.3. The Hall–Kier alpha value is -5.42. The van der Waals surface area contributed by atoms with Crippen molar-refractivity contribution >= 4 is 66.9 Å². The number of nitrogens with one attached hydrogen (secondary N) is 5. The molecular formula is C25H22N11O4S2+. The average Bonchev–Trinajstić information content (AvgIpc) is 3.61. The molecule has 6 aromatic rings. The number of methoxy groups -OCH3 is 2. The number of benzene rings is 2. The number of ether oxygens (including phenoxy) is 2. The van der Waals surface area contributed by atoms with E-state index in [0.717, 1.165) is 16.3 Å². The van der Waals surface area contributed by atoms with Crippen LogP contribution in [0.5, 0.6) is 11.5 Å². The molecule has 0 bridgehead atoms. The maximum atomic E-state index is 12.6. The molecule has 4 aromatic heterocycles. The van der Waals surface area contributed by atoms with E-state index in [1.54, 1.807) is 43.4 Å². The second kappa shape index (κ2) is 10.9. The Morgan fingerprint density at radius 3 is 2.43 bits per heavy atom. The number of thiocarbonyl (C=S) groups is 1. The Morgan fingerprint density at radius 2 is 1.69 bits per heavy atom. The van der Waals surface area contributed by atoms with Gasteiger partial charge in [0, 0.05) is 29.5 Å². The number of aromatic nitrogens is 8. The second-order valence-electron chi connectivity index (χ2n) is 8.66. The summed E-state index contributed by atoms with van der Waals surface area (Å²) in [7, 11) is -0.710. The smallest absolute Gasteiger partial charge is 0.310 e. The van der Waals surface area contributed by atoms with Crippen molar-refractivity contribution in [3.8, 4) is 17.3 Å². The van der Waals surface area contributed by atoms with E-state index in [1.807, 2.05) is 12.1 Å². The number of H-pyrrole nitrogens is 2. The van der Waals surface area contributed by atoms with E-state index in [0.29, 0.717) is 34.6 Å². The summed E-state index contributed by atoms with van der Waals surface area (Å²) < 4.78 is 40.1. The summed E-state index contributed by atoms with van der Waals surface area (Å²) in [4.78, 5) is 24.3. The SMILES string of the molecule is COc1cc2[nH]c3ncnc(-[n+]4cnc(NC(=S)Nc5ccc(S(=O)(=O)Nc6ncccn6)cc5)[nH]4)c3c2cc1OC. The first-order valence-corrected chi connectivity index (χ1v) is 14.1. The molecule has 2 aromatic carbocycles. The number of fused-ring (bicyclic) bond motifs is 3. The molecule has 212 valence electrons. The van der Waals surface area contributed by atoms with Crippen LogP contribution in [-0.4, -0.2) is 62.8 Å². The second-order valence-corrected chi connectivity index (χ2v) is 10.7. The number of hydrogen-bond donors (Lipinski definition) is 5. The third-order valence-corrected chi connectivity index (χ3v) is 7.62. The van der Waals surface area contributed by atoms with Gasteiger partial charge in [0.1, 0.15) is 11.0 Å². The Labute approximate surface area is 243 Å². The molecule has 0 amide bonds. The highest BCUT2D eigenvalue weighted by atomic mass is 32.2. The molecule has 0 aliphatic rings. The summed E-state index contributed by atoms with van der Waals surface area (Å²) in [5.41, 5.74) is 1.98. The molecule has 0 saturated carbocycles. The number of aromatic amines is 2. The third-order valence-electron chi connectivity index (χ3n) is 6.08. The fourth-order valence-corrected chi connectivity index (χ4v) is 5.36. The van der Waals surface area contributed by atoms with Crippen LogP contribution in [0.2, 0.25) is 0 Å². The predicted octanol–water partition coefficient (Wildman–Crippen LogP) is 2.53. The maximum absolute atomic E-state index is 12.6. The van der Waals surface area contributed by atoms with Crippen molar-refractivity contribution in [1.82, 2.24) is 35.0 Å². The standard InChI is InChI=1S/C25H21N11O4S2/c1-39-18-10-16-17(11-19(18)40-2)32-21-20(16)22(29-12-28-21)36-13-30-24(34-36)33-25(41)31-14-4-6-15(7-5-14)42(37,38)35-23-26-8-3-9-27-23/h3-13H,1-2H3,(H4,26,27,28,29,31,32,33,34,35,41)/p+1. The van der Waals surface area contributed by atoms with Crippen molar-refractivity contribution < 1.29 is 22.6 Å². The number of anilines is 3. The van der Waals surface area contributed by atoms with E-state index >= 15 is 0 Å². The van der Waals surface area contributed by atoms with Gasteiger partial charge < -0.3 is 19.8 Å². The molecule has 0 saturated heterocycles. The molecule has 0 unspecified atom stereocenters. The van der Waals surface area contributed by atoms with Crippen LogP contribution in [0.15, 0.2) is 72.4 Å². The number of hydrogen-bond acceptors (Lipinski definition) is 10. The van der Waals surface area contributed by atoms with Gasteiger partial charge in [0.05, 0.1) is 24.6 Å². The van der Waals surface area contributed by atoms with Crippen molar-refractivity contribution in [3.63, 3.8) is 0 Å². The van der Waals surface area contributed by atoms with Crippen LogP contribution >= 0.6 is 12.2 Å². The molecule has 0 spiro atoms. The van der Waals surface area contributed by atoms with E-state index in [1.165, 1.54) is 30.9 Å². The Kier molecular flexibility index (Phi) is 6.93. The van der Waals surface area contributed by atoms with E-state index in [2.05, 4.69) is 50.4 Å². The number of rotatable bonds is 8. The number of sulfonamides is 1. The zero-order valence-electron chi connectivity index (χ0n) is 22.0. The van der Waals surface area contributed by atoms with Crippen LogP contribution in [0, 0.1) is 0 Å². The molecule has 0 radical (unpaired) electrons. The molecule has 15 nitrogen and oxygen atoms in total. The van der Waals surface area contributed by atoms with E-state index < -0.39 is 10.0 Å². The first-order valence-electron chi connectivity index (χ1n) is 12.2. The molecule has 42 heavy (non-hydrogen) atoms. The highest BCUT2D eigenvalue weighted by Crippen LogP contribution is 2.36. The number of nitrogens with zero attached hydrogens (tertiary/aromatic N) is 6. The molecule has 0 aliphatic carbocycles. The maximum Gasteiger partial charge on any atom is 0.310 e. The Bertz CT molecular complexity index is 2030. The monoisotopic (exact) mass is 604 g/mol. The third kappa shape index (κ3) is 5.20. The minimum absolute atomic E-state index is 0.0203. The molecule has 4 heterocycles. The topological polar surface area (TPSA) is 189 Å². The summed E-state index contributed by atoms with van der Waals surface area (Å²) in [6.07, 6.45) is 5.88. The lowest BCUT2D eigenvalue weighted by molar-refractivity contribution is -0.657. The van der Waals surface area contributed by atoms with Crippen molar-refractivity contribution in [1.29, 1.82) is 0 Å². The van der Waals surface area contributed by atoms with Gasteiger partial charge in [0.25, 0.3) is 22.2 Å². The van der Waals surface area contributed by atoms with E-state index in [4.69, 9.17) is 21.7 Å². The molecular weight excluding hydrogens is 582 g/mol. The molecule has 0 fully saturated rings. The first-order chi connectivity index (χ1) is 20.3. The lowest BCUT2D eigenvalue weighted by Gasteiger charge is -2.09. The molecule has 5 N–H and O–H groups in total. The van der Waals surface area contributed by atoms with Crippen molar-refractivity contribution in [2.45, 2.75) is 4.90 Å². The lowest BCUT2D eigenvalue weighted by atomic mass is 10.2. The summed E-state index contributed by atoms with van der Waals surface area (Å²) in [6.45, 7) is 0. The highest BCUT2D eigenvalue weighted by Gasteiger charge is 2.22. The quantitative estimate of drug-likeness (QED) is 0.126. The minimum atomic E-state index is -3.86. The van der Waals surface area contributed by atoms with Gasteiger partial charge in [-0.05, 0) is 48.6 Å². The zero-order chi connectivity index (χ0) is 29.3. The van der Waals surface area contributed by atoms with Gasteiger partial charge in [-0.25, -0.2) is 28.1 Å². The van der Waals surface area contributed by atoms with Crippen molar-refractivity contribution in [3.05, 3.63) is 67.5 Å². The van der Waals surface area contributed by atoms with Gasteiger partial charge in [-0.1, -0.05) is 9.97 Å². The highest BCUT2D eigenvalue weighted by molar-refractivity contribution is 7.92. The first kappa shape index (κ1) is 26.8. The van der Waals surface area contributed by atoms with Gasteiger partial charge in [-0.2, -0.15) is 5.10 Å². The van der Waals surface area contributed by atoms with E-state index in [-0.39, 0.29) is 16.0 Å². The van der Waals surface area contributed by atoms with Gasteiger partial charge in [0.15, 0.2) is 22.9 Å². The fraction of sp³-hybridized carbons (Fsp3) is 0.0800. The molecule has 17 heteroatoms. The normalized spacial score (nSPS) is 11.4. The Morgan fingerprint density at radius 1 is 0.952 bits per heavy atom. The van der Waals surface area contributed by atoms with E-state index in [9.17, 15) is 8.42 Å². The lowest BCUT2D eigenvalue weighted by Crippen LogP contribution is -2.34. The molecule has 0 atom stereocenters. The van der Waals surface area contributed by atoms with Crippen LogP contribution in [0.4, 0.5) is 17.6 Å². The molecule has 6 rings (SSSR count). The van der Waals surface area contributed by atoms with Crippen LogP contribution in [0.3, 0.4) is 0 Å². The van der Waals surface area contributed by atoms with Crippen molar-refractivity contribution in [2.75, 3.05) is 29.6 Å². The van der Waals surface area contributed by atoms with Crippen LogP contribution < -0.4 is 29.5 Å². The van der Waals surface area contributed by atoms with Crippen LogP contribution in [-0.2, 0) is 10.0 Å². The predicted molar refractivity (Wildman–Crippen MR) is 157 cm³/mol. The summed E-state index contributed by atoms with van der Waals surface area (Å²) >= 11 is 5.42. The van der Waals surface area contributed by atoms with Gasteiger partial charge in [0.2, 0.25) is 5.95 Å². The average molecular weight is 605 g/mol. The van der Waals surface area contributed by atoms with Gasteiger partial charge in [-0.3, -0.25) is 5.32 Å². The zero-order valence-corrected chi connectivity index (χ0v) is 23.6. The minimum Gasteiger partial charge on any atom is -0.493 e. The summed E-state index contributed by atoms with van der Waals surface area (Å²) in [5.74, 6) is 2.02. The van der Waals surface area contributed by atoms with Gasteiger partial charge in [-0.15, -0.1) is 4.68 Å². The largest absolute Gasteiger partial charge is 0.493 e. The van der Waals surface area contributed by atoms with Crippen LogP contribution in [0.25, 0.3) is 27.8 Å².